The molecule has 0 bridgehead atoms. The van der Waals surface area contributed by atoms with Crippen molar-refractivity contribution in [1.82, 2.24) is 29.4 Å². The van der Waals surface area contributed by atoms with Gasteiger partial charge >= 0.3 is 0 Å². The van der Waals surface area contributed by atoms with E-state index in [4.69, 9.17) is 0 Å². The molecule has 5 rings (SSSR count). The number of carbonyl (C=O) groups is 1. The van der Waals surface area contributed by atoms with E-state index in [0.717, 1.165) is 4.88 Å². The number of halogens is 1. The van der Waals surface area contributed by atoms with Crippen LogP contribution in [0.25, 0.3) is 22.0 Å². The summed E-state index contributed by atoms with van der Waals surface area (Å²) in [5.41, 5.74) is 1.20. The fraction of sp³-hybridized carbons (Fsp3) is 0. The Kier molecular flexibility index (Phi) is 4.10. The van der Waals surface area contributed by atoms with Crippen LogP contribution in [0.5, 0.6) is 0 Å². The first-order valence-corrected chi connectivity index (χ1v) is 9.44. The number of fused-ring (bicyclic) bond motifs is 1. The second-order valence-corrected chi connectivity index (χ2v) is 6.96. The number of hydrogen-bond donors (Lipinski definition) is 1. The summed E-state index contributed by atoms with van der Waals surface area (Å²) < 4.78 is 16.4. The number of thiophene rings is 1. The zero-order valence-electron chi connectivity index (χ0n) is 14.7. The van der Waals surface area contributed by atoms with E-state index in [-0.39, 0.29) is 11.6 Å². The van der Waals surface area contributed by atoms with Crippen LogP contribution in [0.3, 0.4) is 0 Å². The second-order valence-electron chi connectivity index (χ2n) is 6.01. The number of hydrogen-bond acceptors (Lipinski definition) is 6. The average Bonchev–Trinajstić information content (AvgIpc) is 3.48. The van der Waals surface area contributed by atoms with Crippen molar-refractivity contribution in [2.75, 3.05) is 5.32 Å². The average molecular weight is 405 g/mol. The maximum atomic E-state index is 13.3. The number of nitrogens with zero attached hydrogens (tertiary/aromatic N) is 6. The van der Waals surface area contributed by atoms with Gasteiger partial charge in [0.1, 0.15) is 11.6 Å². The molecule has 0 saturated heterocycles. The lowest BCUT2D eigenvalue weighted by molar-refractivity contribution is 0.101. The lowest BCUT2D eigenvalue weighted by atomic mass is 10.3. The van der Waals surface area contributed by atoms with Crippen LogP contribution in [0.2, 0.25) is 0 Å². The molecule has 0 saturated carbocycles. The SMILES string of the molecule is O=C(Nc1ccnc2ccnn12)c1nc(-c2cccs2)n(-c2ccc(F)cc2)n1. The monoisotopic (exact) mass is 405 g/mol. The zero-order valence-corrected chi connectivity index (χ0v) is 15.5. The van der Waals surface area contributed by atoms with Crippen LogP contribution in [0.1, 0.15) is 10.6 Å². The fourth-order valence-electron chi connectivity index (χ4n) is 2.84. The molecule has 142 valence electrons. The van der Waals surface area contributed by atoms with Gasteiger partial charge < -0.3 is 5.32 Å². The summed E-state index contributed by atoms with van der Waals surface area (Å²) in [5, 5.41) is 13.2. The van der Waals surface area contributed by atoms with Crippen molar-refractivity contribution in [2.45, 2.75) is 0 Å². The molecule has 29 heavy (non-hydrogen) atoms. The number of carbonyl (C=O) groups excluding carboxylic acids is 1. The van der Waals surface area contributed by atoms with Crippen molar-refractivity contribution in [3.05, 3.63) is 77.9 Å². The van der Waals surface area contributed by atoms with Gasteiger partial charge in [-0.15, -0.1) is 16.4 Å². The van der Waals surface area contributed by atoms with E-state index in [1.807, 2.05) is 17.5 Å². The molecule has 0 spiro atoms. The van der Waals surface area contributed by atoms with E-state index in [0.29, 0.717) is 23.0 Å². The molecule has 4 aromatic heterocycles. The van der Waals surface area contributed by atoms with Gasteiger partial charge in [0.2, 0.25) is 5.82 Å². The van der Waals surface area contributed by atoms with Crippen molar-refractivity contribution < 1.29 is 9.18 Å². The largest absolute Gasteiger partial charge is 0.304 e. The minimum absolute atomic E-state index is 0.0187. The minimum Gasteiger partial charge on any atom is -0.304 e. The number of rotatable bonds is 4. The van der Waals surface area contributed by atoms with Crippen LogP contribution in [-0.4, -0.2) is 35.3 Å². The third-order valence-corrected chi connectivity index (χ3v) is 5.02. The topological polar surface area (TPSA) is 90.0 Å². The Balaban J connectivity index is 1.55. The van der Waals surface area contributed by atoms with E-state index in [1.54, 1.807) is 36.7 Å². The number of aromatic nitrogens is 6. The predicted molar refractivity (Wildman–Crippen MR) is 106 cm³/mol. The molecule has 0 unspecified atom stereocenters. The van der Waals surface area contributed by atoms with Gasteiger partial charge in [-0.3, -0.25) is 4.79 Å². The highest BCUT2D eigenvalue weighted by Crippen LogP contribution is 2.26. The van der Waals surface area contributed by atoms with Gasteiger partial charge in [0, 0.05) is 12.3 Å². The smallest absolute Gasteiger partial charge is 0.296 e. The molecule has 0 aliphatic heterocycles. The minimum atomic E-state index is -0.494. The standard InChI is InChI=1S/C19H12FN7OS/c20-12-3-5-13(6-4-12)26-18(14-2-1-11-29-14)24-17(25-26)19(28)23-16-7-9-21-15-8-10-22-27(15)16/h1-11H,(H,23,28). The zero-order chi connectivity index (χ0) is 19.8. The molecule has 0 aliphatic rings. The third-order valence-electron chi connectivity index (χ3n) is 4.15. The fourth-order valence-corrected chi connectivity index (χ4v) is 3.54. The van der Waals surface area contributed by atoms with Crippen LogP contribution in [-0.2, 0) is 0 Å². The lowest BCUT2D eigenvalue weighted by Crippen LogP contribution is -2.17. The summed E-state index contributed by atoms with van der Waals surface area (Å²) in [6.07, 6.45) is 3.17. The Morgan fingerprint density at radius 3 is 2.72 bits per heavy atom. The molecule has 0 aliphatic carbocycles. The van der Waals surface area contributed by atoms with Crippen molar-refractivity contribution in [3.8, 4) is 16.4 Å². The normalized spacial score (nSPS) is 11.1. The number of benzene rings is 1. The van der Waals surface area contributed by atoms with Crippen LogP contribution in [0.4, 0.5) is 10.2 Å². The molecule has 0 atom stereocenters. The van der Waals surface area contributed by atoms with Gasteiger partial charge in [-0.2, -0.15) is 9.61 Å². The Morgan fingerprint density at radius 2 is 1.93 bits per heavy atom. The highest BCUT2D eigenvalue weighted by atomic mass is 32.1. The van der Waals surface area contributed by atoms with Crippen LogP contribution in [0.15, 0.2) is 66.3 Å². The Morgan fingerprint density at radius 1 is 1.07 bits per heavy atom. The first-order valence-electron chi connectivity index (χ1n) is 8.56. The highest BCUT2D eigenvalue weighted by Gasteiger charge is 2.20. The lowest BCUT2D eigenvalue weighted by Gasteiger charge is -2.04. The molecule has 5 aromatic rings. The van der Waals surface area contributed by atoms with Gasteiger partial charge in [0.25, 0.3) is 5.91 Å². The summed E-state index contributed by atoms with van der Waals surface area (Å²) in [6.45, 7) is 0. The van der Waals surface area contributed by atoms with E-state index >= 15 is 0 Å². The van der Waals surface area contributed by atoms with Crippen molar-refractivity contribution in [2.24, 2.45) is 0 Å². The molecule has 10 heteroatoms. The molecular weight excluding hydrogens is 393 g/mol. The molecular formula is C19H12FN7OS. The van der Waals surface area contributed by atoms with E-state index in [9.17, 15) is 9.18 Å². The van der Waals surface area contributed by atoms with Crippen molar-refractivity contribution in [3.63, 3.8) is 0 Å². The summed E-state index contributed by atoms with van der Waals surface area (Å²) in [4.78, 5) is 22.3. The van der Waals surface area contributed by atoms with Crippen LogP contribution >= 0.6 is 11.3 Å². The Labute approximate surface area is 167 Å². The van der Waals surface area contributed by atoms with Crippen LogP contribution < -0.4 is 5.32 Å². The van der Waals surface area contributed by atoms with E-state index in [2.05, 4.69) is 25.5 Å². The molecule has 1 aromatic carbocycles. The summed E-state index contributed by atoms with van der Waals surface area (Å²) >= 11 is 1.47. The molecule has 1 N–H and O–H groups in total. The highest BCUT2D eigenvalue weighted by molar-refractivity contribution is 7.13. The van der Waals surface area contributed by atoms with E-state index in [1.165, 1.54) is 32.7 Å². The molecule has 8 nitrogen and oxygen atoms in total. The van der Waals surface area contributed by atoms with Gasteiger partial charge in [0.05, 0.1) is 16.8 Å². The Hall–Kier alpha value is -3.92. The van der Waals surface area contributed by atoms with Gasteiger partial charge in [-0.05, 0) is 41.8 Å². The maximum Gasteiger partial charge on any atom is 0.296 e. The quantitative estimate of drug-likeness (QED) is 0.495. The van der Waals surface area contributed by atoms with E-state index < -0.39 is 5.91 Å². The van der Waals surface area contributed by atoms with Gasteiger partial charge in [-0.25, -0.2) is 19.0 Å². The maximum absolute atomic E-state index is 13.3. The first kappa shape index (κ1) is 17.2. The summed E-state index contributed by atoms with van der Waals surface area (Å²) in [5.74, 6) is 0.0727. The number of anilines is 1. The molecule has 0 fully saturated rings. The molecule has 4 heterocycles. The Bertz CT molecular complexity index is 1310. The molecule has 0 radical (unpaired) electrons. The number of nitrogens with one attached hydrogen (secondary N) is 1. The van der Waals surface area contributed by atoms with Gasteiger partial charge in [-0.1, -0.05) is 6.07 Å². The predicted octanol–water partition coefficient (Wildman–Crippen LogP) is 3.43. The first-order chi connectivity index (χ1) is 14.2. The third kappa shape index (κ3) is 3.15. The van der Waals surface area contributed by atoms with Crippen molar-refractivity contribution >= 4 is 28.7 Å². The molecule has 1 amide bonds. The van der Waals surface area contributed by atoms with Crippen molar-refractivity contribution in [1.29, 1.82) is 0 Å². The van der Waals surface area contributed by atoms with Crippen LogP contribution in [0, 0.1) is 5.82 Å². The second kappa shape index (κ2) is 6.91. The summed E-state index contributed by atoms with van der Waals surface area (Å²) in [6, 6.07) is 13.0. The number of amides is 1. The van der Waals surface area contributed by atoms with Gasteiger partial charge in [0.15, 0.2) is 11.5 Å². The summed E-state index contributed by atoms with van der Waals surface area (Å²) in [7, 11) is 0.